The number of benzene rings is 1. The van der Waals surface area contributed by atoms with Gasteiger partial charge in [-0.05, 0) is 44.1 Å². The minimum absolute atomic E-state index is 0.354. The number of nitrogens with one attached hydrogen (secondary N) is 2. The lowest BCUT2D eigenvalue weighted by atomic mass is 10.1. The van der Waals surface area contributed by atoms with E-state index in [2.05, 4.69) is 41.3 Å². The molecule has 0 fully saturated rings. The van der Waals surface area contributed by atoms with Crippen LogP contribution in [-0.2, 0) is 16.3 Å². The lowest BCUT2D eigenvalue weighted by molar-refractivity contribution is 0.231. The molecule has 7 heteroatoms. The summed E-state index contributed by atoms with van der Waals surface area (Å²) in [7, 11) is -1.37. The zero-order valence-corrected chi connectivity index (χ0v) is 16.9. The van der Waals surface area contributed by atoms with E-state index in [0.29, 0.717) is 10.9 Å². The van der Waals surface area contributed by atoms with Crippen molar-refractivity contribution < 1.29 is 8.42 Å². The van der Waals surface area contributed by atoms with Crippen LogP contribution in [0.5, 0.6) is 0 Å². The number of rotatable bonds is 9. The first-order chi connectivity index (χ1) is 11.8. The summed E-state index contributed by atoms with van der Waals surface area (Å²) in [4.78, 5) is 6.99. The van der Waals surface area contributed by atoms with Crippen LogP contribution < -0.4 is 10.6 Å². The lowest BCUT2D eigenvalue weighted by Gasteiger charge is -2.27. The van der Waals surface area contributed by atoms with Crippen LogP contribution in [0.4, 0.5) is 0 Å². The maximum Gasteiger partial charge on any atom is 0.191 e. The molecule has 0 radical (unpaired) electrons. The van der Waals surface area contributed by atoms with E-state index >= 15 is 0 Å². The fraction of sp³-hybridized carbons (Fsp3) is 0.611. The van der Waals surface area contributed by atoms with Crippen LogP contribution >= 0.6 is 0 Å². The van der Waals surface area contributed by atoms with E-state index in [-0.39, 0.29) is 0 Å². The zero-order valence-electron chi connectivity index (χ0n) is 16.0. The van der Waals surface area contributed by atoms with Gasteiger partial charge in [0.1, 0.15) is 0 Å². The average Bonchev–Trinajstić information content (AvgIpc) is 2.58. The molecule has 1 unspecified atom stereocenters. The highest BCUT2D eigenvalue weighted by Gasteiger charge is 2.10. The van der Waals surface area contributed by atoms with Gasteiger partial charge in [-0.15, -0.1) is 0 Å². The lowest BCUT2D eigenvalue weighted by Crippen LogP contribution is -2.46. The maximum absolute atomic E-state index is 11.5. The summed E-state index contributed by atoms with van der Waals surface area (Å²) in [5.74, 6) is 0.784. The number of nitrogens with zero attached hydrogens (tertiary/aromatic N) is 2. The average molecular weight is 369 g/mol. The van der Waals surface area contributed by atoms with Crippen LogP contribution in [0.2, 0.25) is 0 Å². The van der Waals surface area contributed by atoms with Crippen LogP contribution in [0, 0.1) is 0 Å². The molecule has 1 atom stereocenters. The van der Waals surface area contributed by atoms with Crippen LogP contribution in [0.15, 0.2) is 34.2 Å². The smallest absolute Gasteiger partial charge is 0.191 e. The van der Waals surface area contributed by atoms with Crippen LogP contribution in [0.1, 0.15) is 26.3 Å². The van der Waals surface area contributed by atoms with E-state index in [1.54, 1.807) is 19.2 Å². The molecule has 1 rings (SSSR count). The van der Waals surface area contributed by atoms with Gasteiger partial charge < -0.3 is 10.6 Å². The Morgan fingerprint density at radius 1 is 1.16 bits per heavy atom. The van der Waals surface area contributed by atoms with Crippen molar-refractivity contribution in [2.24, 2.45) is 4.99 Å². The predicted molar refractivity (Wildman–Crippen MR) is 105 cm³/mol. The van der Waals surface area contributed by atoms with Crippen molar-refractivity contribution in [2.45, 2.75) is 38.1 Å². The minimum atomic E-state index is -3.13. The Morgan fingerprint density at radius 3 is 2.24 bits per heavy atom. The normalized spacial score (nSPS) is 13.8. The Labute approximate surface area is 152 Å². The molecule has 0 aliphatic rings. The monoisotopic (exact) mass is 368 g/mol. The molecular weight excluding hydrogens is 336 g/mol. The summed E-state index contributed by atoms with van der Waals surface area (Å²) in [5, 5.41) is 6.65. The highest BCUT2D eigenvalue weighted by atomic mass is 32.2. The number of aliphatic imine (C=N–C) groups is 1. The second-order valence-corrected chi connectivity index (χ2v) is 8.13. The molecule has 0 heterocycles. The fourth-order valence-electron chi connectivity index (χ4n) is 2.67. The van der Waals surface area contributed by atoms with Gasteiger partial charge in [0, 0.05) is 32.4 Å². The SMILES string of the molecule is CCN(CC)C(C)CNC(=NC)NCCc1ccc(S(C)(=O)=O)cc1. The second-order valence-electron chi connectivity index (χ2n) is 6.12. The summed E-state index contributed by atoms with van der Waals surface area (Å²) in [6.07, 6.45) is 2.02. The summed E-state index contributed by atoms with van der Waals surface area (Å²) in [5.41, 5.74) is 1.09. The standard InChI is InChI=1S/C18H32N4O2S/c1-6-22(7-2)15(3)14-21-18(19-4)20-13-12-16-8-10-17(11-9-16)25(5,23)24/h8-11,15H,6-7,12-14H2,1-5H3,(H2,19,20,21). The Kier molecular flexibility index (Phi) is 8.92. The number of likely N-dealkylation sites (N-methyl/N-ethyl adjacent to an activating group) is 1. The number of hydrogen-bond acceptors (Lipinski definition) is 4. The zero-order chi connectivity index (χ0) is 18.9. The van der Waals surface area contributed by atoms with Crippen LogP contribution in [0.25, 0.3) is 0 Å². The van der Waals surface area contributed by atoms with Gasteiger partial charge >= 0.3 is 0 Å². The molecule has 25 heavy (non-hydrogen) atoms. The highest BCUT2D eigenvalue weighted by molar-refractivity contribution is 7.90. The fourth-order valence-corrected chi connectivity index (χ4v) is 3.30. The molecule has 0 amide bonds. The van der Waals surface area contributed by atoms with Crippen molar-refractivity contribution in [3.05, 3.63) is 29.8 Å². The quantitative estimate of drug-likeness (QED) is 0.511. The Balaban J connectivity index is 2.43. The first kappa shape index (κ1) is 21.4. The minimum Gasteiger partial charge on any atom is -0.356 e. The third-order valence-corrected chi connectivity index (χ3v) is 5.41. The van der Waals surface area contributed by atoms with Gasteiger partial charge in [-0.25, -0.2) is 8.42 Å². The maximum atomic E-state index is 11.5. The first-order valence-corrected chi connectivity index (χ1v) is 10.7. The topological polar surface area (TPSA) is 73.8 Å². The summed E-state index contributed by atoms with van der Waals surface area (Å²) >= 11 is 0. The van der Waals surface area contributed by atoms with Crippen molar-refractivity contribution in [3.8, 4) is 0 Å². The molecule has 0 aromatic heterocycles. The van der Waals surface area contributed by atoms with E-state index in [1.807, 2.05) is 12.1 Å². The third-order valence-electron chi connectivity index (χ3n) is 4.28. The number of guanidine groups is 1. The van der Waals surface area contributed by atoms with E-state index in [9.17, 15) is 8.42 Å². The summed E-state index contributed by atoms with van der Waals surface area (Å²) < 4.78 is 22.9. The molecule has 0 aliphatic heterocycles. The molecule has 0 bridgehead atoms. The molecule has 142 valence electrons. The van der Waals surface area contributed by atoms with E-state index in [1.165, 1.54) is 6.26 Å². The van der Waals surface area contributed by atoms with Crippen LogP contribution in [-0.4, -0.2) is 64.8 Å². The third kappa shape index (κ3) is 7.44. The molecule has 0 saturated carbocycles. The Bertz CT molecular complexity index is 638. The summed E-state index contributed by atoms with van der Waals surface area (Å²) in [6, 6.07) is 7.47. The molecule has 6 nitrogen and oxygen atoms in total. The van der Waals surface area contributed by atoms with E-state index < -0.39 is 9.84 Å². The highest BCUT2D eigenvalue weighted by Crippen LogP contribution is 2.10. The van der Waals surface area contributed by atoms with Gasteiger partial charge in [0.05, 0.1) is 4.90 Å². The van der Waals surface area contributed by atoms with Crippen molar-refractivity contribution in [3.63, 3.8) is 0 Å². The van der Waals surface area contributed by atoms with Gasteiger partial charge in [0.2, 0.25) is 0 Å². The molecule has 0 aliphatic carbocycles. The van der Waals surface area contributed by atoms with E-state index in [0.717, 1.165) is 44.1 Å². The summed E-state index contributed by atoms with van der Waals surface area (Å²) in [6.45, 7) is 10.2. The number of hydrogen-bond donors (Lipinski definition) is 2. The predicted octanol–water partition coefficient (Wildman–Crippen LogP) is 1.53. The molecule has 2 N–H and O–H groups in total. The van der Waals surface area contributed by atoms with Gasteiger partial charge in [0.25, 0.3) is 0 Å². The number of sulfone groups is 1. The Morgan fingerprint density at radius 2 is 1.76 bits per heavy atom. The molecule has 0 saturated heterocycles. The van der Waals surface area contributed by atoms with Gasteiger partial charge in [0.15, 0.2) is 15.8 Å². The van der Waals surface area contributed by atoms with Gasteiger partial charge in [-0.1, -0.05) is 26.0 Å². The van der Waals surface area contributed by atoms with E-state index in [4.69, 9.17) is 0 Å². The van der Waals surface area contributed by atoms with Crippen molar-refractivity contribution in [1.82, 2.24) is 15.5 Å². The molecular formula is C18H32N4O2S. The molecule has 1 aromatic rings. The second kappa shape index (κ2) is 10.4. The van der Waals surface area contributed by atoms with Crippen molar-refractivity contribution >= 4 is 15.8 Å². The van der Waals surface area contributed by atoms with Crippen molar-refractivity contribution in [1.29, 1.82) is 0 Å². The van der Waals surface area contributed by atoms with Gasteiger partial charge in [-0.3, -0.25) is 9.89 Å². The Hall–Kier alpha value is -1.60. The largest absolute Gasteiger partial charge is 0.356 e. The molecule has 0 spiro atoms. The van der Waals surface area contributed by atoms with Crippen LogP contribution in [0.3, 0.4) is 0 Å². The van der Waals surface area contributed by atoms with Gasteiger partial charge in [-0.2, -0.15) is 0 Å². The molecule has 1 aromatic carbocycles. The van der Waals surface area contributed by atoms with Crippen molar-refractivity contribution in [2.75, 3.05) is 39.5 Å². The first-order valence-electron chi connectivity index (χ1n) is 8.79.